The van der Waals surface area contributed by atoms with Crippen molar-refractivity contribution in [1.29, 1.82) is 0 Å². The van der Waals surface area contributed by atoms with E-state index in [1.807, 2.05) is 18.2 Å². The zero-order valence-electron chi connectivity index (χ0n) is 12.0. The largest absolute Gasteiger partial charge is 0.507 e. The van der Waals surface area contributed by atoms with Crippen LogP contribution in [0.3, 0.4) is 0 Å². The number of thiophene rings is 1. The van der Waals surface area contributed by atoms with Gasteiger partial charge in [0.25, 0.3) is 0 Å². The van der Waals surface area contributed by atoms with E-state index in [-0.39, 0.29) is 5.75 Å². The van der Waals surface area contributed by atoms with Gasteiger partial charge < -0.3 is 15.3 Å². The summed E-state index contributed by atoms with van der Waals surface area (Å²) in [6.45, 7) is 4.07. The molecule has 1 aliphatic heterocycles. The van der Waals surface area contributed by atoms with Gasteiger partial charge in [-0.1, -0.05) is 12.1 Å². The van der Waals surface area contributed by atoms with E-state index < -0.39 is 0 Å². The standard InChI is InChI=1S/C16H16N4OS/c21-14-4-2-1-3-11(14)12-9-15-13(19-18-12)10-16(22-15)20-7-5-17-6-8-20/h1-4,9-10,17,21H,5-8H2. The molecule has 2 N–H and O–H groups in total. The predicted molar refractivity (Wildman–Crippen MR) is 89.6 cm³/mol. The number of piperazine rings is 1. The van der Waals surface area contributed by atoms with Crippen LogP contribution in [0, 0.1) is 0 Å². The molecule has 0 bridgehead atoms. The molecule has 1 saturated heterocycles. The molecule has 4 rings (SSSR count). The highest BCUT2D eigenvalue weighted by atomic mass is 32.1. The van der Waals surface area contributed by atoms with Crippen LogP contribution in [0.15, 0.2) is 36.4 Å². The smallest absolute Gasteiger partial charge is 0.125 e. The summed E-state index contributed by atoms with van der Waals surface area (Å²) in [5.41, 5.74) is 2.34. The molecule has 22 heavy (non-hydrogen) atoms. The van der Waals surface area contributed by atoms with Crippen molar-refractivity contribution in [3.05, 3.63) is 36.4 Å². The number of nitrogens with zero attached hydrogens (tertiary/aromatic N) is 3. The molecule has 0 spiro atoms. The second-order valence-corrected chi connectivity index (χ2v) is 6.38. The van der Waals surface area contributed by atoms with E-state index in [1.54, 1.807) is 23.5 Å². The lowest BCUT2D eigenvalue weighted by molar-refractivity contribution is 0.477. The van der Waals surface area contributed by atoms with Gasteiger partial charge in [0.2, 0.25) is 0 Å². The normalized spacial score (nSPS) is 15.4. The number of aromatic nitrogens is 2. The lowest BCUT2D eigenvalue weighted by Gasteiger charge is -2.27. The van der Waals surface area contributed by atoms with Crippen LogP contribution in [-0.4, -0.2) is 41.5 Å². The Morgan fingerprint density at radius 3 is 2.73 bits per heavy atom. The Morgan fingerprint density at radius 1 is 1.09 bits per heavy atom. The fourth-order valence-electron chi connectivity index (χ4n) is 2.69. The summed E-state index contributed by atoms with van der Waals surface area (Å²) < 4.78 is 1.10. The maximum Gasteiger partial charge on any atom is 0.125 e. The summed E-state index contributed by atoms with van der Waals surface area (Å²) in [6.07, 6.45) is 0. The highest BCUT2D eigenvalue weighted by Crippen LogP contribution is 2.34. The number of nitrogens with one attached hydrogen (secondary N) is 1. The van der Waals surface area contributed by atoms with Gasteiger partial charge in [-0.2, -0.15) is 0 Å². The Kier molecular flexibility index (Phi) is 3.40. The number of aromatic hydroxyl groups is 1. The first-order valence-electron chi connectivity index (χ1n) is 7.32. The van der Waals surface area contributed by atoms with E-state index in [0.717, 1.165) is 36.4 Å². The van der Waals surface area contributed by atoms with Gasteiger partial charge in [-0.3, -0.25) is 0 Å². The number of benzene rings is 1. The molecular weight excluding hydrogens is 296 g/mol. The number of fused-ring (bicyclic) bond motifs is 1. The first-order valence-corrected chi connectivity index (χ1v) is 8.14. The summed E-state index contributed by atoms with van der Waals surface area (Å²) in [5, 5.41) is 23.1. The van der Waals surface area contributed by atoms with Crippen LogP contribution in [0.1, 0.15) is 0 Å². The molecule has 0 amide bonds. The molecule has 1 aliphatic rings. The van der Waals surface area contributed by atoms with E-state index in [2.05, 4.69) is 26.5 Å². The molecule has 0 atom stereocenters. The average molecular weight is 312 g/mol. The fraction of sp³-hybridized carbons (Fsp3) is 0.250. The summed E-state index contributed by atoms with van der Waals surface area (Å²) in [7, 11) is 0. The summed E-state index contributed by atoms with van der Waals surface area (Å²) in [5.74, 6) is 0.232. The second-order valence-electron chi connectivity index (χ2n) is 5.32. The van der Waals surface area contributed by atoms with Crippen molar-refractivity contribution in [3.63, 3.8) is 0 Å². The molecule has 3 heterocycles. The maximum absolute atomic E-state index is 9.97. The molecule has 0 unspecified atom stereocenters. The number of para-hydroxylation sites is 1. The Balaban J connectivity index is 1.73. The van der Waals surface area contributed by atoms with Crippen molar-refractivity contribution in [1.82, 2.24) is 15.5 Å². The lowest BCUT2D eigenvalue weighted by atomic mass is 10.1. The van der Waals surface area contributed by atoms with Crippen LogP contribution in [0.5, 0.6) is 5.75 Å². The van der Waals surface area contributed by atoms with Crippen LogP contribution in [-0.2, 0) is 0 Å². The minimum Gasteiger partial charge on any atom is -0.507 e. The van der Waals surface area contributed by atoms with E-state index in [9.17, 15) is 5.11 Å². The van der Waals surface area contributed by atoms with Crippen LogP contribution < -0.4 is 10.2 Å². The number of phenols is 1. The average Bonchev–Trinajstić information content (AvgIpc) is 2.99. The minimum absolute atomic E-state index is 0.232. The molecule has 3 aromatic rings. The Bertz CT molecular complexity index is 811. The van der Waals surface area contributed by atoms with Gasteiger partial charge in [-0.25, -0.2) is 0 Å². The number of anilines is 1. The topological polar surface area (TPSA) is 61.3 Å². The molecule has 0 saturated carbocycles. The third kappa shape index (κ3) is 2.40. The summed E-state index contributed by atoms with van der Waals surface area (Å²) in [6, 6.07) is 11.3. The van der Waals surface area contributed by atoms with Crippen LogP contribution >= 0.6 is 11.3 Å². The van der Waals surface area contributed by atoms with Crippen molar-refractivity contribution in [3.8, 4) is 17.0 Å². The Labute approximate surface area is 132 Å². The molecule has 6 heteroatoms. The fourth-order valence-corrected chi connectivity index (χ4v) is 3.77. The van der Waals surface area contributed by atoms with Crippen molar-refractivity contribution in [2.75, 3.05) is 31.1 Å². The highest BCUT2D eigenvalue weighted by Gasteiger charge is 2.15. The first-order chi connectivity index (χ1) is 10.8. The number of phenolic OH excluding ortho intramolecular Hbond substituents is 1. The van der Waals surface area contributed by atoms with Crippen LogP contribution in [0.4, 0.5) is 5.00 Å². The summed E-state index contributed by atoms with van der Waals surface area (Å²) in [4.78, 5) is 2.38. The quantitative estimate of drug-likeness (QED) is 0.761. The monoisotopic (exact) mass is 312 g/mol. The van der Waals surface area contributed by atoms with Crippen LogP contribution in [0.2, 0.25) is 0 Å². The molecule has 112 valence electrons. The summed E-state index contributed by atoms with van der Waals surface area (Å²) >= 11 is 1.73. The van der Waals surface area contributed by atoms with Crippen molar-refractivity contribution in [2.45, 2.75) is 0 Å². The van der Waals surface area contributed by atoms with Gasteiger partial charge >= 0.3 is 0 Å². The molecule has 1 fully saturated rings. The number of rotatable bonds is 2. The van der Waals surface area contributed by atoms with Gasteiger partial charge in [0.1, 0.15) is 11.3 Å². The molecule has 1 aromatic carbocycles. The SMILES string of the molecule is Oc1ccccc1-c1cc2sc(N3CCNCC3)cc2nn1. The minimum atomic E-state index is 0.232. The lowest BCUT2D eigenvalue weighted by Crippen LogP contribution is -2.43. The second kappa shape index (κ2) is 5.55. The molecule has 5 nitrogen and oxygen atoms in total. The highest BCUT2D eigenvalue weighted by molar-refractivity contribution is 7.22. The van der Waals surface area contributed by atoms with E-state index in [0.29, 0.717) is 11.3 Å². The van der Waals surface area contributed by atoms with Crippen molar-refractivity contribution < 1.29 is 5.11 Å². The molecule has 0 aliphatic carbocycles. The predicted octanol–water partition coefficient (Wildman–Crippen LogP) is 2.47. The molecule has 2 aromatic heterocycles. The van der Waals surface area contributed by atoms with Gasteiger partial charge in [-0.05, 0) is 18.2 Å². The van der Waals surface area contributed by atoms with Gasteiger partial charge in [0.05, 0.1) is 15.4 Å². The first kappa shape index (κ1) is 13.5. The Morgan fingerprint density at radius 2 is 1.91 bits per heavy atom. The van der Waals surface area contributed by atoms with Crippen LogP contribution in [0.25, 0.3) is 21.5 Å². The van der Waals surface area contributed by atoms with Gasteiger partial charge in [0, 0.05) is 37.8 Å². The van der Waals surface area contributed by atoms with E-state index >= 15 is 0 Å². The van der Waals surface area contributed by atoms with E-state index in [4.69, 9.17) is 0 Å². The maximum atomic E-state index is 9.97. The van der Waals surface area contributed by atoms with Crippen molar-refractivity contribution >= 4 is 26.6 Å². The molecule has 0 radical (unpaired) electrons. The third-order valence-electron chi connectivity index (χ3n) is 3.87. The van der Waals surface area contributed by atoms with Crippen molar-refractivity contribution in [2.24, 2.45) is 0 Å². The van der Waals surface area contributed by atoms with Gasteiger partial charge in [0.15, 0.2) is 0 Å². The van der Waals surface area contributed by atoms with E-state index in [1.165, 1.54) is 5.00 Å². The number of hydrogen-bond donors (Lipinski definition) is 2. The zero-order valence-corrected chi connectivity index (χ0v) is 12.8. The zero-order chi connectivity index (χ0) is 14.9. The number of hydrogen-bond acceptors (Lipinski definition) is 6. The Hall–Kier alpha value is -2.18. The van der Waals surface area contributed by atoms with Gasteiger partial charge in [-0.15, -0.1) is 21.5 Å². The third-order valence-corrected chi connectivity index (χ3v) is 5.00. The molecular formula is C16H16N4OS.